The van der Waals surface area contributed by atoms with Crippen molar-refractivity contribution in [2.75, 3.05) is 18.0 Å². The number of anilines is 1. The lowest BCUT2D eigenvalue weighted by atomic mass is 10.1. The zero-order valence-electron chi connectivity index (χ0n) is 23.8. The van der Waals surface area contributed by atoms with E-state index in [4.69, 9.17) is 4.74 Å². The molecule has 0 aromatic heterocycles. The Morgan fingerprint density at radius 1 is 0.925 bits per heavy atom. The first-order chi connectivity index (χ1) is 19.1. The number of nitrogens with zero attached hydrogens (tertiary/aromatic N) is 2. The van der Waals surface area contributed by atoms with Gasteiger partial charge in [-0.25, -0.2) is 8.42 Å². The van der Waals surface area contributed by atoms with Crippen molar-refractivity contribution in [3.8, 4) is 5.75 Å². The molecule has 0 spiro atoms. The SMILES string of the molecule is CC[C@@H](C)NC(=O)[C@H](CC)N(Cc1cccc(OC)c1)C(=O)CN(c1ccc(C)cc1)S(=O)(=O)c1ccccc1. The fourth-order valence-corrected chi connectivity index (χ4v) is 5.72. The largest absolute Gasteiger partial charge is 0.497 e. The summed E-state index contributed by atoms with van der Waals surface area (Å²) in [5, 5.41) is 2.98. The molecule has 214 valence electrons. The highest BCUT2D eigenvalue weighted by molar-refractivity contribution is 7.92. The second-order valence-electron chi connectivity index (χ2n) is 9.78. The van der Waals surface area contributed by atoms with E-state index in [0.717, 1.165) is 21.9 Å². The van der Waals surface area contributed by atoms with Crippen LogP contribution in [0.4, 0.5) is 5.69 Å². The second kappa shape index (κ2) is 14.0. The maximum Gasteiger partial charge on any atom is 0.264 e. The summed E-state index contributed by atoms with van der Waals surface area (Å²) in [4.78, 5) is 29.0. The average Bonchev–Trinajstić information content (AvgIpc) is 2.96. The molecule has 2 atom stereocenters. The summed E-state index contributed by atoms with van der Waals surface area (Å²) in [6.45, 7) is 7.25. The summed E-state index contributed by atoms with van der Waals surface area (Å²) in [6, 6.07) is 21.4. The number of hydrogen-bond acceptors (Lipinski definition) is 5. The van der Waals surface area contributed by atoms with Crippen LogP contribution in [0.1, 0.15) is 44.7 Å². The molecule has 3 aromatic carbocycles. The van der Waals surface area contributed by atoms with Crippen LogP contribution in [0.25, 0.3) is 0 Å². The number of nitrogens with one attached hydrogen (secondary N) is 1. The molecule has 2 amide bonds. The van der Waals surface area contributed by atoms with Crippen molar-refractivity contribution in [1.82, 2.24) is 10.2 Å². The van der Waals surface area contributed by atoms with Crippen molar-refractivity contribution in [2.45, 2.75) is 64.1 Å². The highest BCUT2D eigenvalue weighted by atomic mass is 32.2. The number of carbonyl (C=O) groups is 2. The van der Waals surface area contributed by atoms with Crippen LogP contribution in [-0.2, 0) is 26.2 Å². The van der Waals surface area contributed by atoms with Crippen molar-refractivity contribution in [2.24, 2.45) is 0 Å². The van der Waals surface area contributed by atoms with Gasteiger partial charge in [-0.3, -0.25) is 13.9 Å². The lowest BCUT2D eigenvalue weighted by Gasteiger charge is -2.33. The number of methoxy groups -OCH3 is 1. The van der Waals surface area contributed by atoms with E-state index in [0.29, 0.717) is 17.9 Å². The molecular formula is C31H39N3O5S. The van der Waals surface area contributed by atoms with Crippen LogP contribution in [0.15, 0.2) is 83.8 Å². The van der Waals surface area contributed by atoms with Gasteiger partial charge in [0.2, 0.25) is 11.8 Å². The van der Waals surface area contributed by atoms with E-state index in [1.165, 1.54) is 17.0 Å². The van der Waals surface area contributed by atoms with E-state index in [2.05, 4.69) is 5.32 Å². The number of sulfonamides is 1. The Balaban J connectivity index is 2.05. The average molecular weight is 566 g/mol. The van der Waals surface area contributed by atoms with Gasteiger partial charge in [-0.15, -0.1) is 0 Å². The molecular weight excluding hydrogens is 526 g/mol. The molecule has 3 rings (SSSR count). The Morgan fingerprint density at radius 3 is 2.20 bits per heavy atom. The van der Waals surface area contributed by atoms with Crippen LogP contribution in [0.5, 0.6) is 5.75 Å². The quantitative estimate of drug-likeness (QED) is 0.317. The van der Waals surface area contributed by atoms with Gasteiger partial charge in [0.15, 0.2) is 0 Å². The molecule has 0 bridgehead atoms. The number of ether oxygens (including phenoxy) is 1. The lowest BCUT2D eigenvalue weighted by Crippen LogP contribution is -2.53. The fraction of sp³-hybridized carbons (Fsp3) is 0.355. The van der Waals surface area contributed by atoms with E-state index in [9.17, 15) is 18.0 Å². The first-order valence-corrected chi connectivity index (χ1v) is 14.9. The molecule has 0 aliphatic rings. The molecule has 0 aliphatic heterocycles. The maximum absolute atomic E-state index is 14.1. The molecule has 0 radical (unpaired) electrons. The normalized spacial score (nSPS) is 12.7. The van der Waals surface area contributed by atoms with E-state index in [1.54, 1.807) is 61.7 Å². The van der Waals surface area contributed by atoms with Gasteiger partial charge in [0.1, 0.15) is 18.3 Å². The van der Waals surface area contributed by atoms with Crippen LogP contribution in [0.3, 0.4) is 0 Å². The molecule has 3 aromatic rings. The van der Waals surface area contributed by atoms with Gasteiger partial charge in [-0.05, 0) is 68.7 Å². The predicted molar refractivity (Wildman–Crippen MR) is 158 cm³/mol. The number of amides is 2. The first kappa shape index (κ1) is 30.7. The Hall–Kier alpha value is -3.85. The number of rotatable bonds is 13. The number of benzene rings is 3. The van der Waals surface area contributed by atoms with E-state index < -0.39 is 28.5 Å². The lowest BCUT2D eigenvalue weighted by molar-refractivity contribution is -0.140. The molecule has 0 aliphatic carbocycles. The standard InChI is InChI=1S/C31H39N3O5S/c1-6-24(4)32-31(36)29(7-2)33(21-25-12-11-13-27(20-25)39-5)30(35)22-34(26-18-16-23(3)17-19-26)40(37,38)28-14-9-8-10-15-28/h8-20,24,29H,6-7,21-22H2,1-5H3,(H,32,36)/t24-,29+/m1/s1. The van der Waals surface area contributed by atoms with Gasteiger partial charge in [0, 0.05) is 12.6 Å². The summed E-state index contributed by atoms with van der Waals surface area (Å²) in [5.74, 6) is -0.148. The van der Waals surface area contributed by atoms with Crippen molar-refractivity contribution >= 4 is 27.5 Å². The van der Waals surface area contributed by atoms with Crippen molar-refractivity contribution in [3.63, 3.8) is 0 Å². The number of carbonyl (C=O) groups excluding carboxylic acids is 2. The van der Waals surface area contributed by atoms with E-state index in [-0.39, 0.29) is 23.4 Å². The van der Waals surface area contributed by atoms with Gasteiger partial charge < -0.3 is 15.0 Å². The molecule has 0 fully saturated rings. The Labute approximate surface area is 238 Å². The molecule has 0 saturated heterocycles. The minimum absolute atomic E-state index is 0.0714. The third-order valence-corrected chi connectivity index (χ3v) is 8.59. The first-order valence-electron chi connectivity index (χ1n) is 13.5. The Kier molecular flexibility index (Phi) is 10.7. The summed E-state index contributed by atoms with van der Waals surface area (Å²) in [5.41, 5.74) is 2.08. The minimum Gasteiger partial charge on any atom is -0.497 e. The summed E-state index contributed by atoms with van der Waals surface area (Å²) in [7, 11) is -2.53. The predicted octanol–water partition coefficient (Wildman–Crippen LogP) is 4.92. The third-order valence-electron chi connectivity index (χ3n) is 6.81. The van der Waals surface area contributed by atoms with Gasteiger partial charge in [-0.1, -0.05) is 61.9 Å². The van der Waals surface area contributed by atoms with Crippen LogP contribution >= 0.6 is 0 Å². The number of hydrogen-bond donors (Lipinski definition) is 1. The van der Waals surface area contributed by atoms with Crippen LogP contribution in [0.2, 0.25) is 0 Å². The van der Waals surface area contributed by atoms with Crippen LogP contribution in [0, 0.1) is 6.92 Å². The minimum atomic E-state index is -4.09. The zero-order valence-corrected chi connectivity index (χ0v) is 24.6. The third kappa shape index (κ3) is 7.63. The van der Waals surface area contributed by atoms with Gasteiger partial charge in [-0.2, -0.15) is 0 Å². The van der Waals surface area contributed by atoms with Crippen LogP contribution < -0.4 is 14.4 Å². The molecule has 9 heteroatoms. The highest BCUT2D eigenvalue weighted by Gasteiger charge is 2.34. The van der Waals surface area contributed by atoms with Gasteiger partial charge in [0.25, 0.3) is 10.0 Å². The van der Waals surface area contributed by atoms with Crippen molar-refractivity contribution in [1.29, 1.82) is 0 Å². The van der Waals surface area contributed by atoms with Crippen LogP contribution in [-0.4, -0.2) is 50.9 Å². The second-order valence-corrected chi connectivity index (χ2v) is 11.6. The zero-order chi connectivity index (χ0) is 29.3. The maximum atomic E-state index is 14.1. The summed E-state index contributed by atoms with van der Waals surface area (Å²) in [6.07, 6.45) is 1.09. The Morgan fingerprint density at radius 2 is 1.60 bits per heavy atom. The molecule has 8 nitrogen and oxygen atoms in total. The molecule has 0 unspecified atom stereocenters. The highest BCUT2D eigenvalue weighted by Crippen LogP contribution is 2.25. The molecule has 40 heavy (non-hydrogen) atoms. The molecule has 1 N–H and O–H groups in total. The smallest absolute Gasteiger partial charge is 0.264 e. The molecule has 0 heterocycles. The Bertz CT molecular complexity index is 1380. The van der Waals surface area contributed by atoms with E-state index >= 15 is 0 Å². The number of aryl methyl sites for hydroxylation is 1. The topological polar surface area (TPSA) is 96.0 Å². The van der Waals surface area contributed by atoms with E-state index in [1.807, 2.05) is 39.8 Å². The monoisotopic (exact) mass is 565 g/mol. The summed E-state index contributed by atoms with van der Waals surface area (Å²) < 4.78 is 34.1. The summed E-state index contributed by atoms with van der Waals surface area (Å²) >= 11 is 0. The van der Waals surface area contributed by atoms with Gasteiger partial charge in [0.05, 0.1) is 17.7 Å². The fourth-order valence-electron chi connectivity index (χ4n) is 4.29. The molecule has 0 saturated carbocycles. The van der Waals surface area contributed by atoms with Gasteiger partial charge >= 0.3 is 0 Å². The van der Waals surface area contributed by atoms with Crippen molar-refractivity contribution < 1.29 is 22.7 Å². The van der Waals surface area contributed by atoms with Crippen molar-refractivity contribution in [3.05, 3.63) is 90.0 Å².